The van der Waals surface area contributed by atoms with Crippen molar-refractivity contribution in [1.29, 1.82) is 0 Å². The van der Waals surface area contributed by atoms with Gasteiger partial charge in [0.15, 0.2) is 0 Å². The van der Waals surface area contributed by atoms with Crippen LogP contribution in [0, 0.1) is 11.3 Å². The highest BCUT2D eigenvalue weighted by Gasteiger charge is 2.48. The summed E-state index contributed by atoms with van der Waals surface area (Å²) in [5, 5.41) is 9.26. The summed E-state index contributed by atoms with van der Waals surface area (Å²) in [5.41, 5.74) is -1.21. The zero-order chi connectivity index (χ0) is 15.0. The van der Waals surface area contributed by atoms with Crippen molar-refractivity contribution < 1.29 is 23.1 Å². The Labute approximate surface area is 119 Å². The Hall–Kier alpha value is -0.700. The zero-order valence-corrected chi connectivity index (χ0v) is 12.6. The lowest BCUT2D eigenvalue weighted by Gasteiger charge is -2.33. The lowest BCUT2D eigenvalue weighted by atomic mass is 9.86. The second-order valence-corrected chi connectivity index (χ2v) is 7.72. The van der Waals surface area contributed by atoms with Gasteiger partial charge in [-0.05, 0) is 25.7 Å². The van der Waals surface area contributed by atoms with Gasteiger partial charge in [-0.15, -0.1) is 0 Å². The lowest BCUT2D eigenvalue weighted by molar-refractivity contribution is -0.148. The number of piperidine rings is 1. The van der Waals surface area contributed by atoms with E-state index >= 15 is 0 Å². The standard InChI is InChI=1S/C12H22N2O5S/c1-9-4-3-5-14(6-9)20(17,18)13-10-7-19-8-12(10,2)11(15)16/h9-10,13H,3-8H2,1-2H3,(H,15,16). The molecule has 0 saturated carbocycles. The Morgan fingerprint density at radius 3 is 2.80 bits per heavy atom. The quantitative estimate of drug-likeness (QED) is 0.764. The number of carboxylic acids is 1. The minimum atomic E-state index is -3.66. The average molecular weight is 306 g/mol. The van der Waals surface area contributed by atoms with Gasteiger partial charge in [0, 0.05) is 13.1 Å². The molecule has 2 rings (SSSR count). The number of nitrogens with zero attached hydrogens (tertiary/aromatic N) is 1. The molecular formula is C12H22N2O5S. The minimum Gasteiger partial charge on any atom is -0.481 e. The van der Waals surface area contributed by atoms with E-state index in [0.29, 0.717) is 19.0 Å². The second-order valence-electron chi connectivity index (χ2n) is 6.02. The molecular weight excluding hydrogens is 284 g/mol. The van der Waals surface area contributed by atoms with Gasteiger partial charge in [0.05, 0.1) is 19.3 Å². The van der Waals surface area contributed by atoms with E-state index in [9.17, 15) is 18.3 Å². The van der Waals surface area contributed by atoms with Crippen molar-refractivity contribution in [3.8, 4) is 0 Å². The first-order valence-corrected chi connectivity index (χ1v) is 8.28. The van der Waals surface area contributed by atoms with Crippen LogP contribution in [-0.2, 0) is 19.7 Å². The Balaban J connectivity index is 2.10. The summed E-state index contributed by atoms with van der Waals surface area (Å²) in [4.78, 5) is 11.3. The van der Waals surface area contributed by atoms with Crippen LogP contribution in [0.1, 0.15) is 26.7 Å². The molecule has 0 aromatic heterocycles. The Morgan fingerprint density at radius 1 is 1.50 bits per heavy atom. The van der Waals surface area contributed by atoms with Gasteiger partial charge in [-0.25, -0.2) is 0 Å². The van der Waals surface area contributed by atoms with Crippen LogP contribution in [0.25, 0.3) is 0 Å². The van der Waals surface area contributed by atoms with Crippen LogP contribution in [0.3, 0.4) is 0 Å². The maximum absolute atomic E-state index is 12.4. The molecule has 2 aliphatic rings. The molecule has 3 unspecified atom stereocenters. The third-order valence-corrected chi connectivity index (χ3v) is 5.79. The van der Waals surface area contributed by atoms with Gasteiger partial charge >= 0.3 is 5.97 Å². The van der Waals surface area contributed by atoms with Crippen LogP contribution < -0.4 is 4.72 Å². The van der Waals surface area contributed by atoms with E-state index in [1.165, 1.54) is 11.2 Å². The monoisotopic (exact) mass is 306 g/mol. The number of ether oxygens (including phenoxy) is 1. The number of nitrogens with one attached hydrogen (secondary N) is 1. The summed E-state index contributed by atoms with van der Waals surface area (Å²) in [6.45, 7) is 4.59. The van der Waals surface area contributed by atoms with Gasteiger partial charge in [-0.3, -0.25) is 4.79 Å². The van der Waals surface area contributed by atoms with Crippen molar-refractivity contribution in [2.45, 2.75) is 32.7 Å². The number of aliphatic carboxylic acids is 1. The normalized spacial score (nSPS) is 36.1. The van der Waals surface area contributed by atoms with Crippen LogP contribution in [0.2, 0.25) is 0 Å². The van der Waals surface area contributed by atoms with Gasteiger partial charge < -0.3 is 9.84 Å². The molecule has 2 N–H and O–H groups in total. The maximum Gasteiger partial charge on any atom is 0.313 e. The molecule has 0 amide bonds. The smallest absolute Gasteiger partial charge is 0.313 e. The van der Waals surface area contributed by atoms with Crippen molar-refractivity contribution in [2.75, 3.05) is 26.3 Å². The van der Waals surface area contributed by atoms with Gasteiger partial charge in [-0.2, -0.15) is 17.4 Å². The Morgan fingerprint density at radius 2 is 2.20 bits per heavy atom. The first-order chi connectivity index (χ1) is 9.25. The summed E-state index contributed by atoms with van der Waals surface area (Å²) in [7, 11) is -3.66. The molecule has 0 radical (unpaired) electrons. The summed E-state index contributed by atoms with van der Waals surface area (Å²) >= 11 is 0. The summed E-state index contributed by atoms with van der Waals surface area (Å²) < 4.78 is 33.8. The third-order valence-electron chi connectivity index (χ3n) is 4.19. The van der Waals surface area contributed by atoms with Gasteiger partial charge in [0.1, 0.15) is 5.41 Å². The summed E-state index contributed by atoms with van der Waals surface area (Å²) in [6.07, 6.45) is 1.85. The topological polar surface area (TPSA) is 95.9 Å². The van der Waals surface area contributed by atoms with E-state index in [0.717, 1.165) is 12.8 Å². The molecule has 116 valence electrons. The first kappa shape index (κ1) is 15.7. The van der Waals surface area contributed by atoms with Crippen molar-refractivity contribution >= 4 is 16.2 Å². The zero-order valence-electron chi connectivity index (χ0n) is 11.8. The molecule has 0 bridgehead atoms. The fraction of sp³-hybridized carbons (Fsp3) is 0.917. The fourth-order valence-electron chi connectivity index (χ4n) is 2.67. The van der Waals surface area contributed by atoms with E-state index in [1.54, 1.807) is 0 Å². The highest BCUT2D eigenvalue weighted by Crippen LogP contribution is 2.30. The number of carbonyl (C=O) groups is 1. The molecule has 2 heterocycles. The van der Waals surface area contributed by atoms with Crippen LogP contribution in [-0.4, -0.2) is 56.1 Å². The number of hydrogen-bond acceptors (Lipinski definition) is 4. The van der Waals surface area contributed by atoms with Crippen LogP contribution in [0.15, 0.2) is 0 Å². The first-order valence-electron chi connectivity index (χ1n) is 6.84. The third kappa shape index (κ3) is 2.98. The second kappa shape index (κ2) is 5.59. The van der Waals surface area contributed by atoms with Crippen LogP contribution in [0.5, 0.6) is 0 Å². The van der Waals surface area contributed by atoms with E-state index in [4.69, 9.17) is 4.74 Å². The van der Waals surface area contributed by atoms with Crippen molar-refractivity contribution in [3.05, 3.63) is 0 Å². The predicted molar refractivity (Wildman–Crippen MR) is 72.4 cm³/mol. The molecule has 0 spiro atoms. The molecule has 0 aromatic rings. The van der Waals surface area contributed by atoms with E-state index < -0.39 is 27.6 Å². The summed E-state index contributed by atoms with van der Waals surface area (Å²) in [5.74, 6) is -0.722. The molecule has 2 fully saturated rings. The number of hydrogen-bond donors (Lipinski definition) is 2. The Bertz CT molecular complexity index is 480. The maximum atomic E-state index is 12.4. The highest BCUT2D eigenvalue weighted by atomic mass is 32.2. The van der Waals surface area contributed by atoms with Crippen molar-refractivity contribution in [3.63, 3.8) is 0 Å². The van der Waals surface area contributed by atoms with E-state index in [-0.39, 0.29) is 13.2 Å². The lowest BCUT2D eigenvalue weighted by Crippen LogP contribution is -2.54. The van der Waals surface area contributed by atoms with Crippen molar-refractivity contribution in [2.24, 2.45) is 11.3 Å². The van der Waals surface area contributed by atoms with E-state index in [2.05, 4.69) is 4.72 Å². The highest BCUT2D eigenvalue weighted by molar-refractivity contribution is 7.87. The molecule has 2 aliphatic heterocycles. The molecule has 0 aliphatic carbocycles. The average Bonchev–Trinajstić information content (AvgIpc) is 2.72. The largest absolute Gasteiger partial charge is 0.481 e. The predicted octanol–water partition coefficient (Wildman–Crippen LogP) is 0.0424. The van der Waals surface area contributed by atoms with Crippen LogP contribution in [0.4, 0.5) is 0 Å². The molecule has 20 heavy (non-hydrogen) atoms. The summed E-state index contributed by atoms with van der Waals surface area (Å²) in [6, 6.07) is -0.734. The minimum absolute atomic E-state index is 0.0198. The van der Waals surface area contributed by atoms with Gasteiger partial charge in [-0.1, -0.05) is 6.92 Å². The molecule has 7 nitrogen and oxygen atoms in total. The fourth-order valence-corrected chi connectivity index (χ4v) is 4.32. The van der Waals surface area contributed by atoms with Crippen LogP contribution >= 0.6 is 0 Å². The molecule has 3 atom stereocenters. The van der Waals surface area contributed by atoms with Gasteiger partial charge in [0.2, 0.25) is 0 Å². The SMILES string of the molecule is CC1CCCN(S(=O)(=O)NC2COCC2(C)C(=O)O)C1. The molecule has 0 aromatic carbocycles. The van der Waals surface area contributed by atoms with Crippen molar-refractivity contribution in [1.82, 2.24) is 9.03 Å². The van der Waals surface area contributed by atoms with E-state index in [1.807, 2.05) is 6.92 Å². The van der Waals surface area contributed by atoms with Gasteiger partial charge in [0.25, 0.3) is 10.2 Å². The molecule has 2 saturated heterocycles. The molecule has 8 heteroatoms. The Kier molecular flexibility index (Phi) is 4.38. The number of carboxylic acid groups (broad SMARTS) is 1. The number of rotatable bonds is 4.